The van der Waals surface area contributed by atoms with Gasteiger partial charge in [-0.2, -0.15) is 12.6 Å². The second-order valence-corrected chi connectivity index (χ2v) is 3.28. The van der Waals surface area contributed by atoms with E-state index in [1.807, 2.05) is 18.2 Å². The first-order valence-electron chi connectivity index (χ1n) is 4.24. The van der Waals surface area contributed by atoms with Crippen LogP contribution in [0.1, 0.15) is 16.8 Å². The maximum absolute atomic E-state index is 4.42. The molecule has 3 nitrogen and oxygen atoms in total. The highest BCUT2D eigenvalue weighted by atomic mass is 32.1. The third-order valence-electron chi connectivity index (χ3n) is 1.80. The van der Waals surface area contributed by atoms with Crippen molar-refractivity contribution in [3.63, 3.8) is 0 Å². The predicted octanol–water partition coefficient (Wildman–Crippen LogP) is 1.89. The summed E-state index contributed by atoms with van der Waals surface area (Å²) >= 11 is 4.42. The van der Waals surface area contributed by atoms with Crippen LogP contribution in [0.25, 0.3) is 0 Å². The molecule has 2 aromatic rings. The molecule has 1 atom stereocenters. The van der Waals surface area contributed by atoms with E-state index in [9.17, 15) is 0 Å². The van der Waals surface area contributed by atoms with Crippen molar-refractivity contribution in [3.8, 4) is 0 Å². The van der Waals surface area contributed by atoms with E-state index in [0.717, 1.165) is 5.69 Å². The van der Waals surface area contributed by atoms with Gasteiger partial charge >= 0.3 is 0 Å². The molecule has 0 aliphatic carbocycles. The zero-order valence-corrected chi connectivity index (χ0v) is 8.30. The lowest BCUT2D eigenvalue weighted by Crippen LogP contribution is -2.00. The Labute approximate surface area is 87.7 Å². The monoisotopic (exact) mass is 203 g/mol. The minimum absolute atomic E-state index is 0.155. The van der Waals surface area contributed by atoms with Gasteiger partial charge in [-0.25, -0.2) is 9.97 Å². The number of hydrogen-bond donors (Lipinski definition) is 1. The minimum atomic E-state index is -0.155. The Morgan fingerprint density at radius 1 is 0.929 bits per heavy atom. The minimum Gasteiger partial charge on any atom is -0.260 e. The number of pyridine rings is 1. The van der Waals surface area contributed by atoms with E-state index in [0.29, 0.717) is 5.82 Å². The molecule has 14 heavy (non-hydrogen) atoms. The highest BCUT2D eigenvalue weighted by Crippen LogP contribution is 2.22. The summed E-state index contributed by atoms with van der Waals surface area (Å²) in [6.45, 7) is 0. The van der Waals surface area contributed by atoms with E-state index in [-0.39, 0.29) is 5.25 Å². The fraction of sp³-hybridized carbons (Fsp3) is 0.100. The number of thiol groups is 1. The smallest absolute Gasteiger partial charge is 0.146 e. The molecule has 4 heteroatoms. The van der Waals surface area contributed by atoms with Crippen molar-refractivity contribution >= 4 is 12.6 Å². The second-order valence-electron chi connectivity index (χ2n) is 2.76. The summed E-state index contributed by atoms with van der Waals surface area (Å²) in [7, 11) is 0. The predicted molar refractivity (Wildman–Crippen MR) is 57.1 cm³/mol. The van der Waals surface area contributed by atoms with Crippen LogP contribution in [-0.2, 0) is 0 Å². The summed E-state index contributed by atoms with van der Waals surface area (Å²) in [4.78, 5) is 12.5. The van der Waals surface area contributed by atoms with Gasteiger partial charge in [-0.15, -0.1) is 0 Å². The fourth-order valence-electron chi connectivity index (χ4n) is 1.12. The lowest BCUT2D eigenvalue weighted by Gasteiger charge is -2.07. The molecule has 2 aromatic heterocycles. The third-order valence-corrected chi connectivity index (χ3v) is 2.29. The lowest BCUT2D eigenvalue weighted by atomic mass is 10.2. The quantitative estimate of drug-likeness (QED) is 0.757. The molecule has 1 unspecified atom stereocenters. The Hall–Kier alpha value is -1.42. The Morgan fingerprint density at radius 2 is 1.64 bits per heavy atom. The lowest BCUT2D eigenvalue weighted by molar-refractivity contribution is 0.922. The topological polar surface area (TPSA) is 38.7 Å². The molecule has 0 aromatic carbocycles. The zero-order valence-electron chi connectivity index (χ0n) is 7.41. The zero-order chi connectivity index (χ0) is 9.80. The van der Waals surface area contributed by atoms with Gasteiger partial charge in [-0.3, -0.25) is 4.98 Å². The summed E-state index contributed by atoms with van der Waals surface area (Å²) < 4.78 is 0. The van der Waals surface area contributed by atoms with Crippen LogP contribution in [0.15, 0.2) is 42.9 Å². The van der Waals surface area contributed by atoms with E-state index in [4.69, 9.17) is 0 Å². The Morgan fingerprint density at radius 3 is 2.29 bits per heavy atom. The molecular weight excluding hydrogens is 194 g/mol. The number of rotatable bonds is 2. The molecule has 0 amide bonds. The first-order valence-corrected chi connectivity index (χ1v) is 4.75. The molecule has 2 rings (SSSR count). The fourth-order valence-corrected chi connectivity index (χ4v) is 1.41. The molecule has 0 aliphatic heterocycles. The Bertz CT molecular complexity index is 351. The van der Waals surface area contributed by atoms with Crippen LogP contribution in [0.3, 0.4) is 0 Å². The van der Waals surface area contributed by atoms with Crippen molar-refractivity contribution in [2.75, 3.05) is 0 Å². The molecular formula is C10H9N3S. The molecule has 0 saturated carbocycles. The summed E-state index contributed by atoms with van der Waals surface area (Å²) in [6, 6.07) is 7.49. The first kappa shape index (κ1) is 9.15. The molecule has 0 bridgehead atoms. The third kappa shape index (κ3) is 1.90. The number of aromatic nitrogens is 3. The first-order chi connectivity index (χ1) is 6.88. The highest BCUT2D eigenvalue weighted by molar-refractivity contribution is 7.80. The van der Waals surface area contributed by atoms with E-state index in [1.54, 1.807) is 24.7 Å². The van der Waals surface area contributed by atoms with Crippen molar-refractivity contribution in [1.29, 1.82) is 0 Å². The molecule has 0 radical (unpaired) electrons. The van der Waals surface area contributed by atoms with Crippen molar-refractivity contribution < 1.29 is 0 Å². The van der Waals surface area contributed by atoms with Crippen LogP contribution in [0, 0.1) is 0 Å². The molecule has 70 valence electrons. The molecule has 0 fully saturated rings. The molecule has 0 aliphatic rings. The van der Waals surface area contributed by atoms with Crippen LogP contribution in [0.5, 0.6) is 0 Å². The van der Waals surface area contributed by atoms with Gasteiger partial charge in [0.15, 0.2) is 0 Å². The van der Waals surface area contributed by atoms with Crippen LogP contribution in [0.4, 0.5) is 0 Å². The van der Waals surface area contributed by atoms with E-state index < -0.39 is 0 Å². The molecule has 2 heterocycles. The van der Waals surface area contributed by atoms with Gasteiger partial charge in [0.25, 0.3) is 0 Å². The van der Waals surface area contributed by atoms with Gasteiger partial charge in [0.05, 0.1) is 5.69 Å². The van der Waals surface area contributed by atoms with Gasteiger partial charge in [-0.1, -0.05) is 6.07 Å². The molecule has 0 N–H and O–H groups in total. The second kappa shape index (κ2) is 4.19. The van der Waals surface area contributed by atoms with Gasteiger partial charge in [-0.05, 0) is 18.2 Å². The molecule has 0 spiro atoms. The Kier molecular flexibility index (Phi) is 2.74. The van der Waals surface area contributed by atoms with Crippen LogP contribution < -0.4 is 0 Å². The van der Waals surface area contributed by atoms with E-state index >= 15 is 0 Å². The maximum Gasteiger partial charge on any atom is 0.146 e. The number of hydrogen-bond acceptors (Lipinski definition) is 4. The van der Waals surface area contributed by atoms with Gasteiger partial charge in [0.2, 0.25) is 0 Å². The average molecular weight is 203 g/mol. The summed E-state index contributed by atoms with van der Waals surface area (Å²) in [5.74, 6) is 0.675. The summed E-state index contributed by atoms with van der Waals surface area (Å²) in [6.07, 6.45) is 5.14. The van der Waals surface area contributed by atoms with Crippen molar-refractivity contribution in [1.82, 2.24) is 15.0 Å². The maximum atomic E-state index is 4.42. The van der Waals surface area contributed by atoms with Crippen molar-refractivity contribution in [2.45, 2.75) is 5.25 Å². The van der Waals surface area contributed by atoms with Gasteiger partial charge in [0, 0.05) is 18.6 Å². The standard InChI is InChI=1S/C10H9N3S/c14-9(8-4-1-2-5-11-8)10-12-6-3-7-13-10/h1-7,9,14H. The largest absolute Gasteiger partial charge is 0.260 e. The van der Waals surface area contributed by atoms with Gasteiger partial charge < -0.3 is 0 Å². The number of nitrogens with zero attached hydrogens (tertiary/aromatic N) is 3. The van der Waals surface area contributed by atoms with Crippen LogP contribution >= 0.6 is 12.6 Å². The van der Waals surface area contributed by atoms with Crippen LogP contribution in [-0.4, -0.2) is 15.0 Å². The van der Waals surface area contributed by atoms with Gasteiger partial charge in [0.1, 0.15) is 11.1 Å². The van der Waals surface area contributed by atoms with E-state index in [1.165, 1.54) is 0 Å². The molecule has 0 saturated heterocycles. The summed E-state index contributed by atoms with van der Waals surface area (Å²) in [5.41, 5.74) is 0.863. The van der Waals surface area contributed by atoms with E-state index in [2.05, 4.69) is 27.6 Å². The SMILES string of the molecule is SC(c1ccccn1)c1ncccn1. The Balaban J connectivity index is 2.30. The van der Waals surface area contributed by atoms with Crippen LogP contribution in [0.2, 0.25) is 0 Å². The normalized spacial score (nSPS) is 12.4. The summed E-state index contributed by atoms with van der Waals surface area (Å²) in [5, 5.41) is -0.155. The average Bonchev–Trinajstić information content (AvgIpc) is 2.30. The van der Waals surface area contributed by atoms with Crippen molar-refractivity contribution in [3.05, 3.63) is 54.4 Å². The van der Waals surface area contributed by atoms with Crippen molar-refractivity contribution in [2.24, 2.45) is 0 Å². The highest BCUT2D eigenvalue weighted by Gasteiger charge is 2.11.